The third kappa shape index (κ3) is 2.63. The number of carbonyl (C=O) groups is 1. The number of nitrogens with zero attached hydrogens (tertiary/aromatic N) is 3. The van der Waals surface area contributed by atoms with E-state index in [-0.39, 0.29) is 12.0 Å². The molecule has 5 heteroatoms. The van der Waals surface area contributed by atoms with Crippen LogP contribution in [0.5, 0.6) is 0 Å². The minimum atomic E-state index is 0.145. The highest BCUT2D eigenvalue weighted by Crippen LogP contribution is 2.49. The van der Waals surface area contributed by atoms with Gasteiger partial charge in [0.1, 0.15) is 11.6 Å². The van der Waals surface area contributed by atoms with Crippen molar-refractivity contribution in [2.75, 3.05) is 5.32 Å². The topological polar surface area (TPSA) is 58.1 Å². The van der Waals surface area contributed by atoms with Gasteiger partial charge >= 0.3 is 0 Å². The fourth-order valence-electron chi connectivity index (χ4n) is 4.78. The summed E-state index contributed by atoms with van der Waals surface area (Å²) in [5, 5.41) is 3.55. The zero-order chi connectivity index (χ0) is 18.0. The molecule has 1 aromatic carbocycles. The summed E-state index contributed by atoms with van der Waals surface area (Å²) in [7, 11) is 0. The Bertz CT molecular complexity index is 904. The van der Waals surface area contributed by atoms with E-state index in [0.717, 1.165) is 49.4 Å². The van der Waals surface area contributed by atoms with Crippen molar-refractivity contribution in [3.8, 4) is 0 Å². The van der Waals surface area contributed by atoms with Gasteiger partial charge < -0.3 is 10.2 Å². The fourth-order valence-corrected chi connectivity index (χ4v) is 4.78. The molecule has 0 unspecified atom stereocenters. The monoisotopic (exact) mass is 360 g/mol. The third-order valence-electron chi connectivity index (χ3n) is 6.47. The molecule has 6 rings (SSSR count). The number of carbonyl (C=O) groups excluding carboxylic acids is 1. The second kappa shape index (κ2) is 5.78. The van der Waals surface area contributed by atoms with Crippen molar-refractivity contribution in [1.82, 2.24) is 14.9 Å². The van der Waals surface area contributed by atoms with Gasteiger partial charge in [-0.3, -0.25) is 4.79 Å². The van der Waals surface area contributed by atoms with E-state index in [2.05, 4.69) is 22.3 Å². The molecule has 3 fully saturated rings. The number of para-hydroxylation sites is 1. The second-order valence-corrected chi connectivity index (χ2v) is 8.53. The lowest BCUT2D eigenvalue weighted by molar-refractivity contribution is -0.136. The molecular formula is C22H24N4O. The first-order valence-electron chi connectivity index (χ1n) is 10.3. The predicted molar refractivity (Wildman–Crippen MR) is 103 cm³/mol. The summed E-state index contributed by atoms with van der Waals surface area (Å²) in [6.07, 6.45) is 7.53. The second-order valence-electron chi connectivity index (χ2n) is 8.53. The Morgan fingerprint density at radius 1 is 1.00 bits per heavy atom. The molecule has 4 aliphatic rings. The number of nitrogens with one attached hydrogen (secondary N) is 1. The van der Waals surface area contributed by atoms with E-state index in [1.54, 1.807) is 0 Å². The predicted octanol–water partition coefficient (Wildman–Crippen LogP) is 4.10. The smallest absolute Gasteiger partial charge is 0.226 e. The molecule has 2 aliphatic carbocycles. The van der Waals surface area contributed by atoms with Crippen molar-refractivity contribution >= 4 is 17.4 Å². The summed E-state index contributed by atoms with van der Waals surface area (Å²) >= 11 is 0. The van der Waals surface area contributed by atoms with Crippen LogP contribution in [0.25, 0.3) is 0 Å². The van der Waals surface area contributed by atoms with Crippen molar-refractivity contribution in [2.24, 2.45) is 5.92 Å². The van der Waals surface area contributed by atoms with Crippen molar-refractivity contribution < 1.29 is 4.79 Å². The molecule has 1 aromatic heterocycles. The van der Waals surface area contributed by atoms with Crippen molar-refractivity contribution in [2.45, 2.75) is 62.9 Å². The number of amides is 1. The maximum Gasteiger partial charge on any atom is 0.226 e. The molecule has 0 spiro atoms. The summed E-state index contributed by atoms with van der Waals surface area (Å²) in [6.45, 7) is 0. The van der Waals surface area contributed by atoms with Crippen LogP contribution in [0.1, 0.15) is 67.6 Å². The highest BCUT2D eigenvalue weighted by atomic mass is 16.2. The zero-order valence-electron chi connectivity index (χ0n) is 15.4. The van der Waals surface area contributed by atoms with E-state index in [1.807, 2.05) is 18.2 Å². The van der Waals surface area contributed by atoms with Crippen LogP contribution in [0.15, 0.2) is 30.3 Å². The molecule has 2 bridgehead atoms. The number of hydrogen-bond donors (Lipinski definition) is 1. The van der Waals surface area contributed by atoms with Gasteiger partial charge in [0.2, 0.25) is 5.91 Å². The summed E-state index contributed by atoms with van der Waals surface area (Å²) in [5.74, 6) is 3.08. The number of fused-ring (bicyclic) bond motifs is 4. The van der Waals surface area contributed by atoms with Crippen LogP contribution in [-0.4, -0.2) is 26.8 Å². The number of aromatic nitrogens is 2. The Labute approximate surface area is 159 Å². The lowest BCUT2D eigenvalue weighted by Gasteiger charge is -2.37. The van der Waals surface area contributed by atoms with Crippen LogP contribution < -0.4 is 5.32 Å². The number of benzene rings is 1. The maximum absolute atomic E-state index is 13.0. The van der Waals surface area contributed by atoms with Gasteiger partial charge in [-0.2, -0.15) is 0 Å². The molecule has 2 saturated carbocycles. The Morgan fingerprint density at radius 2 is 1.81 bits per heavy atom. The van der Waals surface area contributed by atoms with Crippen LogP contribution in [0, 0.1) is 5.92 Å². The molecule has 1 N–H and O–H groups in total. The Balaban J connectivity index is 1.44. The number of anilines is 2. The molecule has 138 valence electrons. The molecule has 2 aromatic rings. The van der Waals surface area contributed by atoms with Crippen LogP contribution in [0.2, 0.25) is 0 Å². The quantitative estimate of drug-likeness (QED) is 0.892. The fraction of sp³-hybridized carbons (Fsp3) is 0.500. The van der Waals surface area contributed by atoms with Gasteiger partial charge in [-0.05, 0) is 50.7 Å². The van der Waals surface area contributed by atoms with E-state index >= 15 is 0 Å². The van der Waals surface area contributed by atoms with E-state index in [0.29, 0.717) is 17.9 Å². The molecule has 3 heterocycles. The van der Waals surface area contributed by atoms with Gasteiger partial charge in [0.15, 0.2) is 0 Å². The summed E-state index contributed by atoms with van der Waals surface area (Å²) in [5.41, 5.74) is 3.39. The molecule has 27 heavy (non-hydrogen) atoms. The SMILES string of the molecule is O=C(C1CC1)N1[C@@H]2CC[C@@H]1c1c(nc(C3CC3)nc1Nc1ccccc1)C2. The van der Waals surface area contributed by atoms with Crippen LogP contribution in [0.4, 0.5) is 11.5 Å². The zero-order valence-corrected chi connectivity index (χ0v) is 15.4. The van der Waals surface area contributed by atoms with E-state index < -0.39 is 0 Å². The number of rotatable bonds is 4. The van der Waals surface area contributed by atoms with E-state index in [4.69, 9.17) is 9.97 Å². The number of hydrogen-bond acceptors (Lipinski definition) is 4. The third-order valence-corrected chi connectivity index (χ3v) is 6.47. The standard InChI is InChI=1S/C22H24N4O/c27-22(14-8-9-14)26-16-10-11-18(26)19-17(12-16)24-20(13-6-7-13)25-21(19)23-15-4-2-1-3-5-15/h1-5,13-14,16,18H,6-12H2,(H,23,24,25)/t16-,18-/m1/s1. The average molecular weight is 360 g/mol. The average Bonchev–Trinajstić information content (AvgIpc) is 3.58. The van der Waals surface area contributed by atoms with Gasteiger partial charge in [-0.25, -0.2) is 9.97 Å². The largest absolute Gasteiger partial charge is 0.340 e. The van der Waals surface area contributed by atoms with E-state index in [9.17, 15) is 4.79 Å². The molecule has 5 nitrogen and oxygen atoms in total. The van der Waals surface area contributed by atoms with Gasteiger partial charge in [0.25, 0.3) is 0 Å². The first-order chi connectivity index (χ1) is 13.3. The Hall–Kier alpha value is -2.43. The molecule has 1 amide bonds. The van der Waals surface area contributed by atoms with Gasteiger partial charge in [-0.1, -0.05) is 18.2 Å². The summed E-state index contributed by atoms with van der Waals surface area (Å²) in [6, 6.07) is 10.7. The normalized spacial score (nSPS) is 26.0. The van der Waals surface area contributed by atoms with Crippen molar-refractivity contribution in [3.05, 3.63) is 47.4 Å². The highest BCUT2D eigenvalue weighted by Gasteiger charge is 2.48. The van der Waals surface area contributed by atoms with Gasteiger partial charge in [0, 0.05) is 35.5 Å². The van der Waals surface area contributed by atoms with Gasteiger partial charge in [-0.15, -0.1) is 0 Å². The molecule has 2 aliphatic heterocycles. The van der Waals surface area contributed by atoms with Crippen molar-refractivity contribution in [3.63, 3.8) is 0 Å². The maximum atomic E-state index is 13.0. The van der Waals surface area contributed by atoms with E-state index in [1.165, 1.54) is 24.1 Å². The minimum absolute atomic E-state index is 0.145. The lowest BCUT2D eigenvalue weighted by atomic mass is 9.97. The lowest BCUT2D eigenvalue weighted by Crippen LogP contribution is -2.43. The van der Waals surface area contributed by atoms with Crippen molar-refractivity contribution in [1.29, 1.82) is 0 Å². The van der Waals surface area contributed by atoms with Crippen LogP contribution >= 0.6 is 0 Å². The Kier molecular flexibility index (Phi) is 3.34. The highest BCUT2D eigenvalue weighted by molar-refractivity contribution is 5.83. The minimum Gasteiger partial charge on any atom is -0.340 e. The summed E-state index contributed by atoms with van der Waals surface area (Å²) in [4.78, 5) is 25.1. The van der Waals surface area contributed by atoms with Gasteiger partial charge in [0.05, 0.1) is 11.7 Å². The summed E-state index contributed by atoms with van der Waals surface area (Å²) < 4.78 is 0. The Morgan fingerprint density at radius 3 is 2.56 bits per heavy atom. The van der Waals surface area contributed by atoms with Crippen LogP contribution in [-0.2, 0) is 11.2 Å². The molecular weight excluding hydrogens is 336 g/mol. The molecule has 0 radical (unpaired) electrons. The molecule has 1 saturated heterocycles. The first-order valence-corrected chi connectivity index (χ1v) is 10.3. The molecule has 2 atom stereocenters. The first kappa shape index (κ1) is 15.6. The van der Waals surface area contributed by atoms with Crippen LogP contribution in [0.3, 0.4) is 0 Å².